The van der Waals surface area contributed by atoms with Crippen LogP contribution in [0.1, 0.15) is 21.5 Å². The number of aryl methyl sites for hydroxylation is 1. The minimum absolute atomic E-state index is 0.0529. The van der Waals surface area contributed by atoms with Crippen LogP contribution in [0.5, 0.6) is 11.5 Å². The molecule has 0 amide bonds. The number of carbonyl (C=O) groups excluding carboxylic acids is 1. The van der Waals surface area contributed by atoms with E-state index in [1.54, 1.807) is 20.3 Å². The highest BCUT2D eigenvalue weighted by Gasteiger charge is 2.12. The molecule has 0 unspecified atom stereocenters. The van der Waals surface area contributed by atoms with Crippen LogP contribution in [0.25, 0.3) is 0 Å². The lowest BCUT2D eigenvalue weighted by Crippen LogP contribution is -2.05. The van der Waals surface area contributed by atoms with E-state index < -0.39 is 0 Å². The summed E-state index contributed by atoms with van der Waals surface area (Å²) < 4.78 is 11.4. The second-order valence-electron chi connectivity index (χ2n) is 4.74. The van der Waals surface area contributed by atoms with Gasteiger partial charge in [0.2, 0.25) is 0 Å². The van der Waals surface area contributed by atoms with Crippen molar-refractivity contribution in [2.24, 2.45) is 0 Å². The molecule has 0 bridgehead atoms. The van der Waals surface area contributed by atoms with E-state index in [1.165, 1.54) is 0 Å². The van der Waals surface area contributed by atoms with E-state index >= 15 is 0 Å². The van der Waals surface area contributed by atoms with E-state index in [-0.39, 0.29) is 5.78 Å². The first-order valence-electron chi connectivity index (χ1n) is 6.55. The molecule has 2 rings (SSSR count). The van der Waals surface area contributed by atoms with E-state index in [0.29, 0.717) is 12.0 Å². The second kappa shape index (κ2) is 6.76. The van der Waals surface area contributed by atoms with Gasteiger partial charge in [0.05, 0.1) is 14.2 Å². The van der Waals surface area contributed by atoms with Gasteiger partial charge in [-0.05, 0) is 48.9 Å². The minimum atomic E-state index is 0.0529. The van der Waals surface area contributed by atoms with E-state index in [0.717, 1.165) is 27.1 Å². The standard InChI is InChI=1S/C17H17BrO3/c1-11-8-12(4-6-16(11)20-2)15(19)10-13-9-14(18)5-7-17(13)21-3/h4-9H,10H2,1-3H3. The minimum Gasteiger partial charge on any atom is -0.496 e. The van der Waals surface area contributed by atoms with Crippen LogP contribution < -0.4 is 9.47 Å². The summed E-state index contributed by atoms with van der Waals surface area (Å²) >= 11 is 3.42. The van der Waals surface area contributed by atoms with Crippen LogP contribution >= 0.6 is 15.9 Å². The van der Waals surface area contributed by atoms with Gasteiger partial charge in [0, 0.05) is 22.0 Å². The van der Waals surface area contributed by atoms with Gasteiger partial charge in [0.25, 0.3) is 0 Å². The Hall–Kier alpha value is -1.81. The third-order valence-corrected chi connectivity index (χ3v) is 3.80. The summed E-state index contributed by atoms with van der Waals surface area (Å²) in [6, 6.07) is 11.1. The number of hydrogen-bond acceptors (Lipinski definition) is 3. The fraction of sp³-hybridized carbons (Fsp3) is 0.235. The van der Waals surface area contributed by atoms with Crippen molar-refractivity contribution in [3.05, 3.63) is 57.6 Å². The normalized spacial score (nSPS) is 10.3. The monoisotopic (exact) mass is 348 g/mol. The molecule has 0 spiro atoms. The average Bonchev–Trinajstić information content (AvgIpc) is 2.47. The van der Waals surface area contributed by atoms with Crippen LogP contribution in [-0.2, 0) is 6.42 Å². The number of halogens is 1. The molecule has 0 fully saturated rings. The Morgan fingerprint density at radius 2 is 1.71 bits per heavy atom. The summed E-state index contributed by atoms with van der Waals surface area (Å²) in [6.07, 6.45) is 0.300. The molecule has 0 radical (unpaired) electrons. The van der Waals surface area contributed by atoms with Gasteiger partial charge in [-0.1, -0.05) is 15.9 Å². The zero-order valence-electron chi connectivity index (χ0n) is 12.3. The van der Waals surface area contributed by atoms with Gasteiger partial charge >= 0.3 is 0 Å². The Kier molecular flexibility index (Phi) is 5.02. The molecular formula is C17H17BrO3. The van der Waals surface area contributed by atoms with Crippen LogP contribution in [-0.4, -0.2) is 20.0 Å². The van der Waals surface area contributed by atoms with Gasteiger partial charge < -0.3 is 9.47 Å². The van der Waals surface area contributed by atoms with Crippen molar-refractivity contribution in [3.63, 3.8) is 0 Å². The van der Waals surface area contributed by atoms with E-state index in [9.17, 15) is 4.79 Å². The highest BCUT2D eigenvalue weighted by atomic mass is 79.9. The first-order chi connectivity index (χ1) is 10.0. The molecule has 0 N–H and O–H groups in total. The molecule has 21 heavy (non-hydrogen) atoms. The Balaban J connectivity index is 2.26. The first kappa shape index (κ1) is 15.6. The summed E-state index contributed by atoms with van der Waals surface area (Å²) in [5, 5.41) is 0. The fourth-order valence-electron chi connectivity index (χ4n) is 2.21. The van der Waals surface area contributed by atoms with Crippen LogP contribution in [0.3, 0.4) is 0 Å². The molecule has 0 atom stereocenters. The lowest BCUT2D eigenvalue weighted by atomic mass is 10.0. The Morgan fingerprint density at radius 3 is 2.33 bits per heavy atom. The van der Waals surface area contributed by atoms with Crippen molar-refractivity contribution in [2.45, 2.75) is 13.3 Å². The largest absolute Gasteiger partial charge is 0.496 e. The predicted molar refractivity (Wildman–Crippen MR) is 86.5 cm³/mol. The van der Waals surface area contributed by atoms with Gasteiger partial charge in [0.1, 0.15) is 11.5 Å². The SMILES string of the molecule is COc1ccc(C(=O)Cc2cc(Br)ccc2OC)cc1C. The molecule has 0 saturated heterocycles. The van der Waals surface area contributed by atoms with Crippen LogP contribution in [0, 0.1) is 6.92 Å². The van der Waals surface area contributed by atoms with Gasteiger partial charge in [-0.3, -0.25) is 4.79 Å². The van der Waals surface area contributed by atoms with Crippen molar-refractivity contribution < 1.29 is 14.3 Å². The molecule has 2 aromatic rings. The zero-order valence-corrected chi connectivity index (χ0v) is 13.9. The number of hydrogen-bond donors (Lipinski definition) is 0. The first-order valence-corrected chi connectivity index (χ1v) is 7.34. The van der Waals surface area contributed by atoms with Crippen LogP contribution in [0.4, 0.5) is 0 Å². The summed E-state index contributed by atoms with van der Waals surface area (Å²) in [7, 11) is 3.23. The maximum Gasteiger partial charge on any atom is 0.167 e. The maximum absolute atomic E-state index is 12.4. The lowest BCUT2D eigenvalue weighted by molar-refractivity contribution is 0.0992. The number of rotatable bonds is 5. The molecule has 0 heterocycles. The van der Waals surface area contributed by atoms with Crippen LogP contribution in [0.15, 0.2) is 40.9 Å². The van der Waals surface area contributed by atoms with Crippen molar-refractivity contribution in [2.75, 3.05) is 14.2 Å². The molecule has 0 aliphatic rings. The van der Waals surface area contributed by atoms with Gasteiger partial charge in [-0.2, -0.15) is 0 Å². The molecule has 3 nitrogen and oxygen atoms in total. The molecular weight excluding hydrogens is 332 g/mol. The average molecular weight is 349 g/mol. The smallest absolute Gasteiger partial charge is 0.167 e. The van der Waals surface area contributed by atoms with Gasteiger partial charge in [-0.25, -0.2) is 0 Å². The lowest BCUT2D eigenvalue weighted by Gasteiger charge is -2.10. The molecule has 0 aliphatic carbocycles. The number of methoxy groups -OCH3 is 2. The number of ether oxygens (including phenoxy) is 2. The predicted octanol–water partition coefficient (Wildman–Crippen LogP) is 4.20. The third kappa shape index (κ3) is 3.64. The topological polar surface area (TPSA) is 35.5 Å². The molecule has 0 aromatic heterocycles. The van der Waals surface area contributed by atoms with Gasteiger partial charge in [-0.15, -0.1) is 0 Å². The maximum atomic E-state index is 12.4. The second-order valence-corrected chi connectivity index (χ2v) is 5.66. The van der Waals surface area contributed by atoms with E-state index in [4.69, 9.17) is 9.47 Å². The van der Waals surface area contributed by atoms with Gasteiger partial charge in [0.15, 0.2) is 5.78 Å². The molecule has 0 saturated carbocycles. The highest BCUT2D eigenvalue weighted by molar-refractivity contribution is 9.10. The van der Waals surface area contributed by atoms with Crippen molar-refractivity contribution >= 4 is 21.7 Å². The van der Waals surface area contributed by atoms with E-state index in [2.05, 4.69) is 15.9 Å². The summed E-state index contributed by atoms with van der Waals surface area (Å²) in [6.45, 7) is 1.93. The van der Waals surface area contributed by atoms with Crippen molar-refractivity contribution in [3.8, 4) is 11.5 Å². The van der Waals surface area contributed by atoms with Crippen molar-refractivity contribution in [1.82, 2.24) is 0 Å². The third-order valence-electron chi connectivity index (χ3n) is 3.31. The summed E-state index contributed by atoms with van der Waals surface area (Å²) in [4.78, 5) is 12.4. The Morgan fingerprint density at radius 1 is 1.05 bits per heavy atom. The highest BCUT2D eigenvalue weighted by Crippen LogP contribution is 2.25. The van der Waals surface area contributed by atoms with Crippen molar-refractivity contribution in [1.29, 1.82) is 0 Å². The summed E-state index contributed by atoms with van der Waals surface area (Å²) in [5.74, 6) is 1.56. The number of Topliss-reactive ketones (excluding diaryl/α,β-unsaturated/α-hetero) is 1. The molecule has 2 aromatic carbocycles. The molecule has 0 aliphatic heterocycles. The fourth-order valence-corrected chi connectivity index (χ4v) is 2.62. The van der Waals surface area contributed by atoms with Crippen LogP contribution in [0.2, 0.25) is 0 Å². The number of benzene rings is 2. The Labute approximate surface area is 133 Å². The zero-order chi connectivity index (χ0) is 15.4. The number of ketones is 1. The molecule has 4 heteroatoms. The van der Waals surface area contributed by atoms with E-state index in [1.807, 2.05) is 37.3 Å². The number of carbonyl (C=O) groups is 1. The molecule has 110 valence electrons. The summed E-state index contributed by atoms with van der Waals surface area (Å²) in [5.41, 5.74) is 2.49. The quantitative estimate of drug-likeness (QED) is 0.759. The Bertz CT molecular complexity index is 665.